The van der Waals surface area contributed by atoms with Gasteiger partial charge >= 0.3 is 0 Å². The van der Waals surface area contributed by atoms with Crippen LogP contribution in [0.2, 0.25) is 0 Å². The molecule has 0 spiro atoms. The van der Waals surface area contributed by atoms with Crippen LogP contribution in [0.15, 0.2) is 52.4 Å². The number of rotatable bonds is 7. The average Bonchev–Trinajstić information content (AvgIpc) is 3.17. The van der Waals surface area contributed by atoms with Crippen molar-refractivity contribution in [3.05, 3.63) is 52.9 Å². The van der Waals surface area contributed by atoms with Gasteiger partial charge in [-0.3, -0.25) is 9.69 Å². The minimum Gasteiger partial charge on any atom is -0.493 e. The highest BCUT2D eigenvalue weighted by atomic mass is 32.2. The predicted molar refractivity (Wildman–Crippen MR) is 134 cm³/mol. The lowest BCUT2D eigenvalue weighted by molar-refractivity contribution is -0.122. The summed E-state index contributed by atoms with van der Waals surface area (Å²) in [6.45, 7) is 5.64. The summed E-state index contributed by atoms with van der Waals surface area (Å²) in [6.07, 6.45) is 1.82. The number of thioether (sulfide) groups is 1. The Hall–Kier alpha value is -3.48. The third-order valence-corrected chi connectivity index (χ3v) is 6.44. The van der Waals surface area contributed by atoms with Crippen LogP contribution in [0.4, 0.5) is 11.4 Å². The molecule has 0 bridgehead atoms. The number of carbonyl (C=O) groups excluding carboxylic acids is 1. The molecule has 8 nitrogen and oxygen atoms in total. The van der Waals surface area contributed by atoms with Crippen molar-refractivity contribution >= 4 is 40.3 Å². The summed E-state index contributed by atoms with van der Waals surface area (Å²) in [5, 5.41) is 9.38. The van der Waals surface area contributed by atoms with Gasteiger partial charge in [0.15, 0.2) is 23.3 Å². The Bertz CT molecular complexity index is 1130. The molecule has 1 amide bonds. The summed E-state index contributed by atoms with van der Waals surface area (Å²) in [5.41, 5.74) is 2.74. The molecule has 0 aromatic heterocycles. The second kappa shape index (κ2) is 11.1. The zero-order chi connectivity index (χ0) is 23.9. The Balaban J connectivity index is 1.54. The van der Waals surface area contributed by atoms with Gasteiger partial charge in [0.05, 0.1) is 30.9 Å². The van der Waals surface area contributed by atoms with Gasteiger partial charge in [-0.15, -0.1) is 0 Å². The zero-order valence-corrected chi connectivity index (χ0v) is 20.0. The van der Waals surface area contributed by atoms with Gasteiger partial charge in [0.1, 0.15) is 6.07 Å². The number of aliphatic imine (C=N–C) groups is 1. The molecule has 34 heavy (non-hydrogen) atoms. The van der Waals surface area contributed by atoms with Gasteiger partial charge in [-0.2, -0.15) is 5.26 Å². The Morgan fingerprint density at radius 3 is 2.62 bits per heavy atom. The van der Waals surface area contributed by atoms with Crippen LogP contribution in [0.3, 0.4) is 0 Å². The van der Waals surface area contributed by atoms with E-state index in [0.717, 1.165) is 43.2 Å². The lowest BCUT2D eigenvalue weighted by Crippen LogP contribution is -2.36. The lowest BCUT2D eigenvalue weighted by atomic mass is 10.2. The summed E-state index contributed by atoms with van der Waals surface area (Å²) >= 11 is 1.35. The molecule has 9 heteroatoms. The third-order valence-electron chi connectivity index (χ3n) is 5.43. The van der Waals surface area contributed by atoms with E-state index < -0.39 is 0 Å². The molecule has 0 N–H and O–H groups in total. The van der Waals surface area contributed by atoms with Gasteiger partial charge in [-0.25, -0.2) is 4.99 Å². The largest absolute Gasteiger partial charge is 0.493 e. The van der Waals surface area contributed by atoms with E-state index in [1.54, 1.807) is 17.0 Å². The number of anilines is 1. The van der Waals surface area contributed by atoms with Crippen molar-refractivity contribution < 1.29 is 19.0 Å². The van der Waals surface area contributed by atoms with Crippen molar-refractivity contribution in [2.45, 2.75) is 6.92 Å². The molecule has 0 aliphatic carbocycles. The predicted octanol–water partition coefficient (Wildman–Crippen LogP) is 4.06. The number of hydrogen-bond donors (Lipinski definition) is 0. The summed E-state index contributed by atoms with van der Waals surface area (Å²) < 4.78 is 16.2. The van der Waals surface area contributed by atoms with E-state index in [-0.39, 0.29) is 12.5 Å². The van der Waals surface area contributed by atoms with Gasteiger partial charge < -0.3 is 19.1 Å². The molecule has 0 radical (unpaired) electrons. The second-order valence-electron chi connectivity index (χ2n) is 7.53. The van der Waals surface area contributed by atoms with Gasteiger partial charge in [0.25, 0.3) is 5.91 Å². The van der Waals surface area contributed by atoms with Crippen molar-refractivity contribution in [1.82, 2.24) is 4.90 Å². The number of methoxy groups -OCH3 is 1. The van der Waals surface area contributed by atoms with Crippen LogP contribution in [0.5, 0.6) is 11.5 Å². The maximum absolute atomic E-state index is 13.0. The van der Waals surface area contributed by atoms with E-state index in [4.69, 9.17) is 24.5 Å². The van der Waals surface area contributed by atoms with Gasteiger partial charge in [-0.1, -0.05) is 6.07 Å². The number of ether oxygens (including phenoxy) is 3. The first-order chi connectivity index (χ1) is 16.6. The van der Waals surface area contributed by atoms with Crippen molar-refractivity contribution in [3.8, 4) is 17.6 Å². The maximum Gasteiger partial charge on any atom is 0.266 e. The number of amidine groups is 1. The smallest absolute Gasteiger partial charge is 0.266 e. The number of amides is 1. The Morgan fingerprint density at radius 1 is 1.18 bits per heavy atom. The summed E-state index contributed by atoms with van der Waals surface area (Å²) in [7, 11) is 1.54. The fourth-order valence-electron chi connectivity index (χ4n) is 3.69. The molecule has 0 unspecified atom stereocenters. The first-order valence-electron chi connectivity index (χ1n) is 11.0. The van der Waals surface area contributed by atoms with Gasteiger partial charge in [-0.05, 0) is 66.7 Å². The van der Waals surface area contributed by atoms with E-state index in [1.165, 1.54) is 18.9 Å². The average molecular weight is 479 g/mol. The molecular weight excluding hydrogens is 452 g/mol. The van der Waals surface area contributed by atoms with Crippen LogP contribution in [0.25, 0.3) is 6.08 Å². The van der Waals surface area contributed by atoms with E-state index in [9.17, 15) is 4.79 Å². The summed E-state index contributed by atoms with van der Waals surface area (Å²) in [4.78, 5) is 22.3. The number of carbonyl (C=O) groups is 1. The molecule has 2 aromatic carbocycles. The fraction of sp³-hybridized carbons (Fsp3) is 0.320. The number of nitrogens with zero attached hydrogens (tertiary/aromatic N) is 4. The highest BCUT2D eigenvalue weighted by molar-refractivity contribution is 8.18. The monoisotopic (exact) mass is 478 g/mol. The minimum absolute atomic E-state index is 0.0656. The number of hydrogen-bond acceptors (Lipinski definition) is 8. The van der Waals surface area contributed by atoms with Crippen molar-refractivity contribution in [2.24, 2.45) is 4.99 Å². The number of nitriles is 1. The molecule has 176 valence electrons. The topological polar surface area (TPSA) is 87.4 Å². The fourth-order valence-corrected chi connectivity index (χ4v) is 4.76. The summed E-state index contributed by atoms with van der Waals surface area (Å²) in [5.74, 6) is 0.899. The van der Waals surface area contributed by atoms with Gasteiger partial charge in [0.2, 0.25) is 0 Å². The van der Waals surface area contributed by atoms with Crippen LogP contribution < -0.4 is 14.4 Å². The van der Waals surface area contributed by atoms with Crippen molar-refractivity contribution in [1.29, 1.82) is 5.26 Å². The molecule has 0 saturated carbocycles. The first-order valence-corrected chi connectivity index (χ1v) is 11.8. The summed E-state index contributed by atoms with van der Waals surface area (Å²) in [6, 6.07) is 15.3. The normalized spacial score (nSPS) is 18.4. The molecule has 2 fully saturated rings. The molecule has 0 atom stereocenters. The number of benzene rings is 2. The highest BCUT2D eigenvalue weighted by Crippen LogP contribution is 2.36. The Kier molecular flexibility index (Phi) is 7.72. The van der Waals surface area contributed by atoms with Crippen LogP contribution in [0.1, 0.15) is 12.5 Å². The zero-order valence-electron chi connectivity index (χ0n) is 19.2. The maximum atomic E-state index is 13.0. The molecule has 2 saturated heterocycles. The van der Waals surface area contributed by atoms with Gasteiger partial charge in [0, 0.05) is 25.3 Å². The minimum atomic E-state index is -0.0834. The van der Waals surface area contributed by atoms with E-state index in [1.807, 2.05) is 37.3 Å². The molecular formula is C25H26N4O4S. The number of morpholine rings is 1. The van der Waals surface area contributed by atoms with Crippen LogP contribution in [-0.4, -0.2) is 62.5 Å². The molecule has 2 aliphatic rings. The third kappa shape index (κ3) is 5.35. The highest BCUT2D eigenvalue weighted by Gasteiger charge is 2.32. The van der Waals surface area contributed by atoms with Crippen molar-refractivity contribution in [2.75, 3.05) is 51.5 Å². The van der Waals surface area contributed by atoms with E-state index in [2.05, 4.69) is 17.0 Å². The van der Waals surface area contributed by atoms with E-state index in [0.29, 0.717) is 28.1 Å². The van der Waals surface area contributed by atoms with Crippen molar-refractivity contribution in [3.63, 3.8) is 0 Å². The molecule has 2 aromatic rings. The second-order valence-corrected chi connectivity index (χ2v) is 8.54. The Labute approximate surface area is 203 Å². The van der Waals surface area contributed by atoms with Crippen LogP contribution in [-0.2, 0) is 9.53 Å². The molecule has 2 aliphatic heterocycles. The Morgan fingerprint density at radius 2 is 1.94 bits per heavy atom. The molecule has 2 heterocycles. The van der Waals surface area contributed by atoms with E-state index >= 15 is 0 Å². The van der Waals surface area contributed by atoms with Crippen LogP contribution in [0, 0.1) is 11.3 Å². The van der Waals surface area contributed by atoms with Crippen LogP contribution >= 0.6 is 11.8 Å². The molecule has 4 rings (SSSR count). The first kappa shape index (κ1) is 23.7. The SMILES string of the molecule is CCN1C(=O)C(=Cc2ccc(OCC#N)c(OC)c2)SC1=Nc1ccc(N2CCOCC2)cc1. The quantitative estimate of drug-likeness (QED) is 0.555. The lowest BCUT2D eigenvalue weighted by Gasteiger charge is -2.28. The standard InChI is InChI=1S/C25H26N4O4S/c1-3-29-24(30)23(17-18-4-9-21(33-13-10-26)22(16-18)31-2)34-25(29)27-19-5-7-20(8-6-19)28-11-14-32-15-12-28/h4-9,16-17H,3,11-15H2,1-2H3. The number of likely N-dealkylation sites (N-methyl/N-ethyl adjacent to an activating group) is 1.